The summed E-state index contributed by atoms with van der Waals surface area (Å²) in [6, 6.07) is 7.30. The maximum Gasteiger partial charge on any atom is 0.354 e. The predicted molar refractivity (Wildman–Crippen MR) is 71.3 cm³/mol. The number of benzene rings is 1. The van der Waals surface area contributed by atoms with Crippen LogP contribution in [-0.2, 0) is 13.6 Å². The molecule has 1 aromatic rings. The molecule has 0 unspecified atom stereocenters. The highest BCUT2D eigenvalue weighted by Crippen LogP contribution is 2.50. The quantitative estimate of drug-likeness (QED) is 0.713. The number of rotatable bonds is 6. The molecule has 1 aromatic carbocycles. The highest BCUT2D eigenvalue weighted by molar-refractivity contribution is 7.57. The smallest absolute Gasteiger partial charge is 0.306 e. The Bertz CT molecular complexity index is 422. The van der Waals surface area contributed by atoms with E-state index in [1.165, 1.54) is 5.82 Å². The first-order chi connectivity index (χ1) is 8.11. The molecule has 0 fully saturated rings. The molecule has 1 rings (SSSR count). The van der Waals surface area contributed by atoms with E-state index < -0.39 is 7.60 Å². The largest absolute Gasteiger partial charge is 0.354 e. The van der Waals surface area contributed by atoms with Gasteiger partial charge in [0.1, 0.15) is 0 Å². The van der Waals surface area contributed by atoms with E-state index in [0.29, 0.717) is 18.2 Å². The van der Waals surface area contributed by atoms with E-state index >= 15 is 0 Å². The fraction of sp³-hybridized carbons (Fsp3) is 0.333. The number of hydrogen-bond donors (Lipinski definition) is 0. The second-order valence-corrected chi connectivity index (χ2v) is 5.51. The Morgan fingerprint density at radius 1 is 1.24 bits per heavy atom. The van der Waals surface area contributed by atoms with Gasteiger partial charge in [0.25, 0.3) is 0 Å². The van der Waals surface area contributed by atoms with Crippen LogP contribution in [0.2, 0.25) is 5.02 Å². The normalized spacial score (nSPS) is 12.2. The van der Waals surface area contributed by atoms with E-state index in [0.717, 1.165) is 5.56 Å². The summed E-state index contributed by atoms with van der Waals surface area (Å²) in [6.07, 6.45) is 1.66. The summed E-state index contributed by atoms with van der Waals surface area (Å²) in [4.78, 5) is 0. The van der Waals surface area contributed by atoms with Crippen molar-refractivity contribution >= 4 is 25.3 Å². The van der Waals surface area contributed by atoms with E-state index in [1.54, 1.807) is 26.0 Å². The SMILES string of the molecule is CCOP(=O)(/C=C/c1ccccc1Cl)OCC. The zero-order valence-electron chi connectivity index (χ0n) is 9.93. The van der Waals surface area contributed by atoms with Gasteiger partial charge in [0.15, 0.2) is 0 Å². The zero-order chi connectivity index (χ0) is 12.7. The maximum absolute atomic E-state index is 12.1. The fourth-order valence-corrected chi connectivity index (χ4v) is 2.77. The van der Waals surface area contributed by atoms with Gasteiger partial charge in [0.2, 0.25) is 0 Å². The van der Waals surface area contributed by atoms with Gasteiger partial charge in [-0.15, -0.1) is 0 Å². The molecule has 17 heavy (non-hydrogen) atoms. The zero-order valence-corrected chi connectivity index (χ0v) is 11.6. The van der Waals surface area contributed by atoms with Crippen LogP contribution < -0.4 is 0 Å². The van der Waals surface area contributed by atoms with Gasteiger partial charge >= 0.3 is 7.60 Å². The molecular weight excluding hydrogens is 259 g/mol. The lowest BCUT2D eigenvalue weighted by Gasteiger charge is -2.12. The van der Waals surface area contributed by atoms with Crippen LogP contribution in [0.25, 0.3) is 6.08 Å². The molecule has 0 aromatic heterocycles. The molecule has 0 amide bonds. The third-order valence-corrected chi connectivity index (χ3v) is 4.05. The highest BCUT2D eigenvalue weighted by Gasteiger charge is 2.18. The van der Waals surface area contributed by atoms with Crippen molar-refractivity contribution in [1.29, 1.82) is 0 Å². The average Bonchev–Trinajstić information content (AvgIpc) is 2.29. The van der Waals surface area contributed by atoms with Gasteiger partial charge in [-0.25, -0.2) is 0 Å². The second-order valence-electron chi connectivity index (χ2n) is 3.21. The Kier molecular flexibility index (Phi) is 5.93. The van der Waals surface area contributed by atoms with Crippen LogP contribution >= 0.6 is 19.2 Å². The molecule has 0 aliphatic carbocycles. The van der Waals surface area contributed by atoms with Crippen molar-refractivity contribution in [2.24, 2.45) is 0 Å². The minimum Gasteiger partial charge on any atom is -0.306 e. The summed E-state index contributed by atoms with van der Waals surface area (Å²) in [5.41, 5.74) is 0.786. The molecule has 0 saturated heterocycles. The molecule has 0 heterocycles. The van der Waals surface area contributed by atoms with Gasteiger partial charge in [-0.1, -0.05) is 29.8 Å². The third kappa shape index (κ3) is 4.64. The van der Waals surface area contributed by atoms with E-state index in [2.05, 4.69) is 0 Å². The monoisotopic (exact) mass is 274 g/mol. The molecule has 0 aliphatic rings. The van der Waals surface area contributed by atoms with Gasteiger partial charge in [-0.3, -0.25) is 4.57 Å². The molecule has 0 aliphatic heterocycles. The van der Waals surface area contributed by atoms with Crippen LogP contribution in [0.5, 0.6) is 0 Å². The van der Waals surface area contributed by atoms with Crippen molar-refractivity contribution in [2.45, 2.75) is 13.8 Å². The summed E-state index contributed by atoms with van der Waals surface area (Å²) in [5, 5.41) is 0.600. The highest BCUT2D eigenvalue weighted by atomic mass is 35.5. The summed E-state index contributed by atoms with van der Waals surface area (Å²) in [6.45, 7) is 4.22. The second kappa shape index (κ2) is 6.97. The first-order valence-electron chi connectivity index (χ1n) is 5.44. The molecule has 0 radical (unpaired) electrons. The molecule has 0 spiro atoms. The van der Waals surface area contributed by atoms with Gasteiger partial charge in [0.05, 0.1) is 13.2 Å². The van der Waals surface area contributed by atoms with Crippen LogP contribution in [0, 0.1) is 0 Å². The minimum absolute atomic E-state index is 0.337. The first-order valence-corrected chi connectivity index (χ1v) is 7.43. The molecule has 0 bridgehead atoms. The van der Waals surface area contributed by atoms with E-state index in [-0.39, 0.29) is 0 Å². The van der Waals surface area contributed by atoms with E-state index in [9.17, 15) is 4.57 Å². The van der Waals surface area contributed by atoms with Crippen LogP contribution in [0.4, 0.5) is 0 Å². The summed E-state index contributed by atoms with van der Waals surface area (Å²) < 4.78 is 22.4. The van der Waals surface area contributed by atoms with Crippen LogP contribution in [0.3, 0.4) is 0 Å². The molecule has 0 atom stereocenters. The number of hydrogen-bond acceptors (Lipinski definition) is 3. The lowest BCUT2D eigenvalue weighted by atomic mass is 10.2. The lowest BCUT2D eigenvalue weighted by molar-refractivity contribution is 0.229. The average molecular weight is 275 g/mol. The molecule has 5 heteroatoms. The molecule has 3 nitrogen and oxygen atoms in total. The maximum atomic E-state index is 12.1. The Labute approximate surface area is 107 Å². The Morgan fingerprint density at radius 3 is 2.35 bits per heavy atom. The summed E-state index contributed by atoms with van der Waals surface area (Å²) in [5.74, 6) is 1.45. The Balaban J connectivity index is 2.87. The number of halogens is 1. The van der Waals surface area contributed by atoms with Crippen LogP contribution in [0.15, 0.2) is 30.1 Å². The topological polar surface area (TPSA) is 35.5 Å². The van der Waals surface area contributed by atoms with Crippen molar-refractivity contribution in [3.8, 4) is 0 Å². The molecule has 94 valence electrons. The predicted octanol–water partition coefficient (Wildman–Crippen LogP) is 4.58. The molecular formula is C12H16ClO3P. The fourth-order valence-electron chi connectivity index (χ4n) is 1.27. The minimum atomic E-state index is -3.14. The molecule has 0 saturated carbocycles. The standard InChI is InChI=1S/C12H16ClO3P/c1-3-15-17(14,16-4-2)10-9-11-7-5-6-8-12(11)13/h5-10H,3-4H2,1-2H3/b10-9+. The van der Waals surface area contributed by atoms with Crippen molar-refractivity contribution in [3.63, 3.8) is 0 Å². The Morgan fingerprint density at radius 2 is 1.82 bits per heavy atom. The van der Waals surface area contributed by atoms with Gasteiger partial charge in [-0.2, -0.15) is 0 Å². The molecule has 0 N–H and O–H groups in total. The van der Waals surface area contributed by atoms with Crippen molar-refractivity contribution in [1.82, 2.24) is 0 Å². The van der Waals surface area contributed by atoms with Crippen molar-refractivity contribution in [2.75, 3.05) is 13.2 Å². The first kappa shape index (κ1) is 14.5. The van der Waals surface area contributed by atoms with E-state index in [4.69, 9.17) is 20.6 Å². The van der Waals surface area contributed by atoms with E-state index in [1.807, 2.05) is 18.2 Å². The Hall–Kier alpha value is -0.600. The van der Waals surface area contributed by atoms with Gasteiger partial charge in [0, 0.05) is 10.8 Å². The summed E-state index contributed by atoms with van der Waals surface area (Å²) in [7, 11) is -3.14. The lowest BCUT2D eigenvalue weighted by Crippen LogP contribution is -1.92. The third-order valence-electron chi connectivity index (χ3n) is 1.96. The summed E-state index contributed by atoms with van der Waals surface area (Å²) >= 11 is 5.98. The van der Waals surface area contributed by atoms with Crippen molar-refractivity contribution in [3.05, 3.63) is 40.7 Å². The van der Waals surface area contributed by atoms with Crippen molar-refractivity contribution < 1.29 is 13.6 Å². The van der Waals surface area contributed by atoms with Crippen LogP contribution in [-0.4, -0.2) is 13.2 Å². The van der Waals surface area contributed by atoms with Gasteiger partial charge in [-0.05, 0) is 31.6 Å². The van der Waals surface area contributed by atoms with Crippen LogP contribution in [0.1, 0.15) is 19.4 Å². The van der Waals surface area contributed by atoms with Gasteiger partial charge < -0.3 is 9.05 Å².